The Kier molecular flexibility index (Phi) is 4.32. The van der Waals surface area contributed by atoms with E-state index >= 15 is 0 Å². The summed E-state index contributed by atoms with van der Waals surface area (Å²) >= 11 is 0. The van der Waals surface area contributed by atoms with Crippen LogP contribution in [0.4, 0.5) is 4.79 Å². The summed E-state index contributed by atoms with van der Waals surface area (Å²) in [7, 11) is -2.08. The van der Waals surface area contributed by atoms with Crippen molar-refractivity contribution >= 4 is 20.2 Å². The van der Waals surface area contributed by atoms with E-state index in [0.717, 1.165) is 31.2 Å². The Balaban J connectivity index is 2.11. The number of hydrogen-bond donors (Lipinski definition) is 0. The monoisotopic (exact) mass is 344 g/mol. The number of carbonyl (C=O) groups excluding carboxylic acids is 2. The molecule has 3 rings (SSSR count). The first-order valence-electron chi connectivity index (χ1n) is 9.01. The van der Waals surface area contributed by atoms with Crippen LogP contribution in [-0.2, 0) is 10.3 Å². The van der Waals surface area contributed by atoms with Gasteiger partial charge in [-0.05, 0) is 25.3 Å². The van der Waals surface area contributed by atoms with E-state index in [4.69, 9.17) is 0 Å². The first kappa shape index (κ1) is 17.2. The van der Waals surface area contributed by atoms with Crippen LogP contribution < -0.4 is 0 Å². The van der Waals surface area contributed by atoms with E-state index in [9.17, 15) is 9.59 Å². The molecule has 1 aromatic rings. The number of nitrogens with zero attached hydrogens (tertiary/aromatic N) is 2. The van der Waals surface area contributed by atoms with Crippen molar-refractivity contribution in [1.82, 2.24) is 9.47 Å². The summed E-state index contributed by atoms with van der Waals surface area (Å²) in [5.41, 5.74) is 0.0512. The second-order valence-electron chi connectivity index (χ2n) is 8.19. The molecular formula is C19H28N2O2Si. The van der Waals surface area contributed by atoms with Gasteiger partial charge in [-0.2, -0.15) is 0 Å². The molecule has 2 aliphatic rings. The molecule has 130 valence electrons. The SMILES string of the molecule is CC1(c2ccccc2)C(=O)N([Si](C)(C)C)C(=O)N1C1CCCCC1. The van der Waals surface area contributed by atoms with Gasteiger partial charge in [-0.1, -0.05) is 69.2 Å². The molecule has 1 aromatic carbocycles. The van der Waals surface area contributed by atoms with Crippen LogP contribution in [0.1, 0.15) is 44.6 Å². The molecule has 3 amide bonds. The number of benzene rings is 1. The molecule has 5 heteroatoms. The molecule has 1 aliphatic carbocycles. The van der Waals surface area contributed by atoms with Crippen LogP contribution in [0.5, 0.6) is 0 Å². The number of urea groups is 1. The maximum atomic E-state index is 13.4. The van der Waals surface area contributed by atoms with Gasteiger partial charge in [0.2, 0.25) is 0 Å². The van der Waals surface area contributed by atoms with Gasteiger partial charge in [0.25, 0.3) is 5.91 Å². The maximum Gasteiger partial charge on any atom is 0.320 e. The Morgan fingerprint density at radius 1 is 1.00 bits per heavy atom. The minimum Gasteiger partial charge on any atom is -0.303 e. The van der Waals surface area contributed by atoms with E-state index in [2.05, 4.69) is 19.6 Å². The van der Waals surface area contributed by atoms with Gasteiger partial charge in [0.15, 0.2) is 8.24 Å². The molecule has 1 saturated heterocycles. The Morgan fingerprint density at radius 2 is 1.58 bits per heavy atom. The lowest BCUT2D eigenvalue weighted by Crippen LogP contribution is -2.51. The summed E-state index contributed by atoms with van der Waals surface area (Å²) in [6.45, 7) is 8.15. The molecule has 1 atom stereocenters. The fourth-order valence-electron chi connectivity index (χ4n) is 4.18. The van der Waals surface area contributed by atoms with Crippen molar-refractivity contribution in [3.05, 3.63) is 35.9 Å². The fraction of sp³-hybridized carbons (Fsp3) is 0.579. The first-order valence-corrected chi connectivity index (χ1v) is 12.5. The third-order valence-corrected chi connectivity index (χ3v) is 7.18. The van der Waals surface area contributed by atoms with E-state index in [1.54, 1.807) is 4.57 Å². The molecule has 0 spiro atoms. The van der Waals surface area contributed by atoms with Crippen molar-refractivity contribution in [2.45, 2.75) is 70.2 Å². The molecule has 2 fully saturated rings. The standard InChI is InChI=1S/C19H28N2O2Si/c1-19(15-11-7-5-8-12-15)17(22)21(24(2,3)4)18(23)20(19)16-13-9-6-10-14-16/h5,7-8,11-12,16H,6,9-10,13-14H2,1-4H3. The Morgan fingerprint density at radius 3 is 2.12 bits per heavy atom. The normalized spacial score (nSPS) is 26.3. The largest absolute Gasteiger partial charge is 0.320 e. The smallest absolute Gasteiger partial charge is 0.303 e. The molecular weight excluding hydrogens is 316 g/mol. The zero-order valence-electron chi connectivity index (χ0n) is 15.2. The Hall–Kier alpha value is -1.62. The predicted octanol–water partition coefficient (Wildman–Crippen LogP) is 4.33. The minimum atomic E-state index is -2.08. The van der Waals surface area contributed by atoms with Gasteiger partial charge in [0.05, 0.1) is 0 Å². The number of imide groups is 1. The Bertz CT molecular complexity index is 635. The van der Waals surface area contributed by atoms with Gasteiger partial charge in [-0.15, -0.1) is 0 Å². The highest BCUT2D eigenvalue weighted by Gasteiger charge is 2.59. The third-order valence-electron chi connectivity index (χ3n) is 5.45. The summed E-state index contributed by atoms with van der Waals surface area (Å²) in [5.74, 6) is -0.0385. The van der Waals surface area contributed by atoms with Crippen molar-refractivity contribution in [3.8, 4) is 0 Å². The molecule has 0 N–H and O–H groups in total. The van der Waals surface area contributed by atoms with Crippen LogP contribution in [0.2, 0.25) is 19.6 Å². The predicted molar refractivity (Wildman–Crippen MR) is 98.1 cm³/mol. The highest BCUT2D eigenvalue weighted by atomic mass is 28.3. The number of hydrogen-bond acceptors (Lipinski definition) is 2. The van der Waals surface area contributed by atoms with Gasteiger partial charge in [-0.25, -0.2) is 4.79 Å². The summed E-state index contributed by atoms with van der Waals surface area (Å²) in [6.07, 6.45) is 5.51. The van der Waals surface area contributed by atoms with Crippen LogP contribution in [0.3, 0.4) is 0 Å². The minimum absolute atomic E-state index is 0.0385. The zero-order valence-corrected chi connectivity index (χ0v) is 16.2. The first-order chi connectivity index (χ1) is 11.3. The lowest BCUT2D eigenvalue weighted by Gasteiger charge is -2.40. The molecule has 4 nitrogen and oxygen atoms in total. The van der Waals surface area contributed by atoms with Crippen LogP contribution in [0.25, 0.3) is 0 Å². The molecule has 0 bridgehead atoms. The second-order valence-corrected chi connectivity index (χ2v) is 13.0. The van der Waals surface area contributed by atoms with Crippen molar-refractivity contribution in [3.63, 3.8) is 0 Å². The van der Waals surface area contributed by atoms with Crippen LogP contribution in [-0.4, -0.2) is 35.7 Å². The van der Waals surface area contributed by atoms with Gasteiger partial charge >= 0.3 is 6.03 Å². The molecule has 1 heterocycles. The quantitative estimate of drug-likeness (QED) is 0.605. The van der Waals surface area contributed by atoms with Crippen molar-refractivity contribution in [1.29, 1.82) is 0 Å². The summed E-state index contributed by atoms with van der Waals surface area (Å²) in [6, 6.07) is 9.92. The molecule has 0 aromatic heterocycles. The summed E-state index contributed by atoms with van der Waals surface area (Å²) < 4.78 is 1.61. The van der Waals surface area contributed by atoms with Crippen molar-refractivity contribution in [2.75, 3.05) is 0 Å². The topological polar surface area (TPSA) is 40.6 Å². The molecule has 0 radical (unpaired) electrons. The lowest BCUT2D eigenvalue weighted by atomic mass is 9.86. The third kappa shape index (κ3) is 2.59. The van der Waals surface area contributed by atoms with Gasteiger partial charge in [0, 0.05) is 6.04 Å². The maximum absolute atomic E-state index is 13.4. The van der Waals surface area contributed by atoms with E-state index in [0.29, 0.717) is 0 Å². The summed E-state index contributed by atoms with van der Waals surface area (Å²) in [4.78, 5) is 28.7. The lowest BCUT2D eigenvalue weighted by molar-refractivity contribution is -0.131. The molecule has 1 aliphatic heterocycles. The van der Waals surface area contributed by atoms with Crippen LogP contribution >= 0.6 is 0 Å². The van der Waals surface area contributed by atoms with Crippen molar-refractivity contribution in [2.24, 2.45) is 0 Å². The molecule has 1 saturated carbocycles. The van der Waals surface area contributed by atoms with E-state index in [-0.39, 0.29) is 18.0 Å². The fourth-order valence-corrected chi connectivity index (χ4v) is 5.69. The average molecular weight is 345 g/mol. The van der Waals surface area contributed by atoms with Gasteiger partial charge in [-0.3, -0.25) is 9.36 Å². The zero-order chi connectivity index (χ0) is 17.5. The van der Waals surface area contributed by atoms with E-state index in [1.165, 1.54) is 6.42 Å². The van der Waals surface area contributed by atoms with Crippen LogP contribution in [0.15, 0.2) is 30.3 Å². The highest BCUT2D eigenvalue weighted by molar-refractivity contribution is 6.78. The van der Waals surface area contributed by atoms with Gasteiger partial charge < -0.3 is 4.90 Å². The molecule has 1 unspecified atom stereocenters. The van der Waals surface area contributed by atoms with E-state index < -0.39 is 13.8 Å². The number of rotatable bonds is 3. The van der Waals surface area contributed by atoms with Gasteiger partial charge in [0.1, 0.15) is 5.54 Å². The molecule has 24 heavy (non-hydrogen) atoms. The second kappa shape index (κ2) is 6.03. The average Bonchev–Trinajstić information content (AvgIpc) is 2.76. The van der Waals surface area contributed by atoms with E-state index in [1.807, 2.05) is 42.2 Å². The number of amides is 3. The highest BCUT2D eigenvalue weighted by Crippen LogP contribution is 2.43. The summed E-state index contributed by atoms with van der Waals surface area (Å²) in [5, 5.41) is 0. The van der Waals surface area contributed by atoms with Crippen molar-refractivity contribution < 1.29 is 9.59 Å². The number of carbonyl (C=O) groups is 2. The van der Waals surface area contributed by atoms with Crippen LogP contribution in [0, 0.1) is 0 Å². The Labute approximate surface area is 145 Å².